The predicted molar refractivity (Wildman–Crippen MR) is 69.0 cm³/mol. The number of carbonyl (C=O) groups excluding carboxylic acids is 1. The first-order valence-corrected chi connectivity index (χ1v) is 6.80. The summed E-state index contributed by atoms with van der Waals surface area (Å²) in [7, 11) is 0. The molecule has 3 nitrogen and oxygen atoms in total. The summed E-state index contributed by atoms with van der Waals surface area (Å²) in [6.45, 7) is 4.03. The maximum Gasteiger partial charge on any atom is 0.176 e. The zero-order chi connectivity index (χ0) is 12.1. The van der Waals surface area contributed by atoms with Crippen LogP contribution in [-0.4, -0.2) is 36.6 Å². The van der Waals surface area contributed by atoms with Crippen molar-refractivity contribution in [1.29, 1.82) is 0 Å². The molecule has 4 heteroatoms. The van der Waals surface area contributed by atoms with Crippen LogP contribution in [0, 0.1) is 0 Å². The minimum Gasteiger partial charge on any atom is -0.493 e. The molecule has 1 aliphatic heterocycles. The van der Waals surface area contributed by atoms with E-state index in [1.807, 2.05) is 31.2 Å². The fourth-order valence-electron chi connectivity index (χ4n) is 1.56. The van der Waals surface area contributed by atoms with E-state index in [1.165, 1.54) is 0 Å². The van der Waals surface area contributed by atoms with E-state index in [4.69, 9.17) is 9.47 Å². The largest absolute Gasteiger partial charge is 0.493 e. The molecule has 0 amide bonds. The summed E-state index contributed by atoms with van der Waals surface area (Å²) in [5.74, 6) is 1.31. The van der Waals surface area contributed by atoms with E-state index in [-0.39, 0.29) is 5.78 Å². The zero-order valence-electron chi connectivity index (χ0n) is 9.85. The monoisotopic (exact) mass is 252 g/mol. The Morgan fingerprint density at radius 2 is 2.24 bits per heavy atom. The van der Waals surface area contributed by atoms with Gasteiger partial charge >= 0.3 is 0 Å². The van der Waals surface area contributed by atoms with Gasteiger partial charge in [-0.1, -0.05) is 12.1 Å². The average Bonchev–Trinajstić information content (AvgIpc) is 2.28. The highest BCUT2D eigenvalue weighted by atomic mass is 32.2. The van der Waals surface area contributed by atoms with E-state index >= 15 is 0 Å². The summed E-state index contributed by atoms with van der Waals surface area (Å²) in [6, 6.07) is 7.42. The zero-order valence-corrected chi connectivity index (χ0v) is 10.7. The minimum absolute atomic E-state index is 0.131. The van der Waals surface area contributed by atoms with E-state index in [0.29, 0.717) is 28.9 Å². The summed E-state index contributed by atoms with van der Waals surface area (Å²) in [5, 5.41) is 0.484. The summed E-state index contributed by atoms with van der Waals surface area (Å²) in [5.41, 5.74) is 0.682. The van der Waals surface area contributed by atoms with Crippen molar-refractivity contribution in [2.75, 3.05) is 25.6 Å². The van der Waals surface area contributed by atoms with Crippen molar-refractivity contribution in [3.63, 3.8) is 0 Å². The van der Waals surface area contributed by atoms with Crippen LogP contribution >= 0.6 is 11.8 Å². The number of para-hydroxylation sites is 1. The van der Waals surface area contributed by atoms with Crippen molar-refractivity contribution in [3.05, 3.63) is 29.8 Å². The Labute approximate surface area is 105 Å². The number of hydrogen-bond donors (Lipinski definition) is 0. The van der Waals surface area contributed by atoms with Gasteiger partial charge in [0.1, 0.15) is 5.75 Å². The molecule has 0 bridgehead atoms. The van der Waals surface area contributed by atoms with Gasteiger partial charge in [-0.3, -0.25) is 4.79 Å². The Hall–Kier alpha value is -1.00. The lowest BCUT2D eigenvalue weighted by Gasteiger charge is -2.24. The van der Waals surface area contributed by atoms with Crippen LogP contribution in [0.15, 0.2) is 24.3 Å². The lowest BCUT2D eigenvalue weighted by Crippen LogP contribution is -2.31. The summed E-state index contributed by atoms with van der Waals surface area (Å²) in [6.07, 6.45) is 0. The number of thioether (sulfide) groups is 1. The molecule has 1 fully saturated rings. The van der Waals surface area contributed by atoms with Gasteiger partial charge in [0, 0.05) is 0 Å². The highest BCUT2D eigenvalue weighted by Crippen LogP contribution is 2.23. The highest BCUT2D eigenvalue weighted by Gasteiger charge is 2.21. The number of benzene rings is 1. The second-order valence-electron chi connectivity index (χ2n) is 3.82. The van der Waals surface area contributed by atoms with E-state index in [9.17, 15) is 4.79 Å². The Bertz CT molecular complexity index is 388. The van der Waals surface area contributed by atoms with Crippen LogP contribution in [0.25, 0.3) is 0 Å². The molecule has 92 valence electrons. The van der Waals surface area contributed by atoms with Crippen LogP contribution in [0.5, 0.6) is 5.75 Å². The van der Waals surface area contributed by atoms with Gasteiger partial charge < -0.3 is 9.47 Å². The molecule has 1 saturated heterocycles. The molecule has 17 heavy (non-hydrogen) atoms. The lowest BCUT2D eigenvalue weighted by atomic mass is 10.1. The molecule has 0 atom stereocenters. The molecule has 1 aromatic carbocycles. The third-order valence-electron chi connectivity index (χ3n) is 2.54. The Balaban J connectivity index is 1.96. The molecular weight excluding hydrogens is 236 g/mol. The van der Waals surface area contributed by atoms with E-state index in [2.05, 4.69) is 0 Å². The summed E-state index contributed by atoms with van der Waals surface area (Å²) < 4.78 is 10.5. The molecule has 0 aromatic heterocycles. The van der Waals surface area contributed by atoms with Crippen molar-refractivity contribution in [3.8, 4) is 5.75 Å². The smallest absolute Gasteiger partial charge is 0.176 e. The number of carbonyl (C=O) groups is 1. The van der Waals surface area contributed by atoms with Gasteiger partial charge in [-0.2, -0.15) is 0 Å². The Morgan fingerprint density at radius 1 is 1.47 bits per heavy atom. The molecule has 0 spiro atoms. The number of rotatable bonds is 6. The van der Waals surface area contributed by atoms with Crippen molar-refractivity contribution in [2.24, 2.45) is 0 Å². The van der Waals surface area contributed by atoms with E-state index in [0.717, 1.165) is 13.2 Å². The standard InChI is InChI=1S/C13H16O3S/c1-2-16-13-6-4-3-5-11(13)12(14)9-17-10-7-15-8-10/h3-6,10H,2,7-9H2,1H3. The highest BCUT2D eigenvalue weighted by molar-refractivity contribution is 8.00. The van der Waals surface area contributed by atoms with Gasteiger partial charge in [0.25, 0.3) is 0 Å². The van der Waals surface area contributed by atoms with Gasteiger partial charge in [0.2, 0.25) is 0 Å². The van der Waals surface area contributed by atoms with Crippen molar-refractivity contribution < 1.29 is 14.3 Å². The number of ether oxygens (including phenoxy) is 2. The second kappa shape index (κ2) is 6.07. The van der Waals surface area contributed by atoms with Crippen LogP contribution < -0.4 is 4.74 Å². The van der Waals surface area contributed by atoms with Crippen molar-refractivity contribution >= 4 is 17.5 Å². The second-order valence-corrected chi connectivity index (χ2v) is 5.11. The van der Waals surface area contributed by atoms with Crippen LogP contribution in [0.1, 0.15) is 17.3 Å². The third-order valence-corrected chi connectivity index (χ3v) is 3.72. The minimum atomic E-state index is 0.131. The Kier molecular flexibility index (Phi) is 4.45. The maximum atomic E-state index is 12.0. The molecule has 0 aliphatic carbocycles. The fraction of sp³-hybridized carbons (Fsp3) is 0.462. The van der Waals surface area contributed by atoms with Crippen LogP contribution in [0.2, 0.25) is 0 Å². The fourth-order valence-corrected chi connectivity index (χ4v) is 2.49. The van der Waals surface area contributed by atoms with Gasteiger partial charge in [0.15, 0.2) is 5.78 Å². The molecule has 0 radical (unpaired) electrons. The van der Waals surface area contributed by atoms with Crippen molar-refractivity contribution in [2.45, 2.75) is 12.2 Å². The molecular formula is C13H16O3S. The van der Waals surface area contributed by atoms with Gasteiger partial charge in [-0.15, -0.1) is 11.8 Å². The number of hydrogen-bond acceptors (Lipinski definition) is 4. The maximum absolute atomic E-state index is 12.0. The number of Topliss-reactive ketones (excluding diaryl/α,β-unsaturated/α-hetero) is 1. The van der Waals surface area contributed by atoms with Crippen LogP contribution in [-0.2, 0) is 4.74 Å². The quantitative estimate of drug-likeness (QED) is 0.728. The lowest BCUT2D eigenvalue weighted by molar-refractivity contribution is 0.0455. The van der Waals surface area contributed by atoms with E-state index < -0.39 is 0 Å². The molecule has 0 saturated carbocycles. The topological polar surface area (TPSA) is 35.5 Å². The third kappa shape index (κ3) is 3.23. The van der Waals surface area contributed by atoms with Crippen LogP contribution in [0.4, 0.5) is 0 Å². The molecule has 1 aliphatic rings. The first-order chi connectivity index (χ1) is 8.31. The van der Waals surface area contributed by atoms with E-state index in [1.54, 1.807) is 11.8 Å². The summed E-state index contributed by atoms with van der Waals surface area (Å²) in [4.78, 5) is 12.0. The predicted octanol–water partition coefficient (Wildman–Crippen LogP) is 2.40. The molecule has 0 unspecified atom stereocenters. The Morgan fingerprint density at radius 3 is 2.88 bits per heavy atom. The van der Waals surface area contributed by atoms with Crippen molar-refractivity contribution in [1.82, 2.24) is 0 Å². The number of ketones is 1. The SMILES string of the molecule is CCOc1ccccc1C(=O)CSC1COC1. The first kappa shape index (κ1) is 12.5. The molecule has 2 rings (SSSR count). The molecule has 1 heterocycles. The van der Waals surface area contributed by atoms with Gasteiger partial charge in [0.05, 0.1) is 36.4 Å². The average molecular weight is 252 g/mol. The van der Waals surface area contributed by atoms with Gasteiger partial charge in [-0.05, 0) is 19.1 Å². The normalized spacial score (nSPS) is 15.4. The molecule has 1 aromatic rings. The molecule has 0 N–H and O–H groups in total. The van der Waals surface area contributed by atoms with Gasteiger partial charge in [-0.25, -0.2) is 0 Å². The summed E-state index contributed by atoms with van der Waals surface area (Å²) >= 11 is 1.66. The first-order valence-electron chi connectivity index (χ1n) is 5.75. The van der Waals surface area contributed by atoms with Crippen LogP contribution in [0.3, 0.4) is 0 Å².